The van der Waals surface area contributed by atoms with Crippen molar-refractivity contribution in [2.24, 2.45) is 0 Å². The van der Waals surface area contributed by atoms with Crippen LogP contribution >= 0.6 is 0 Å². The van der Waals surface area contributed by atoms with E-state index in [0.717, 1.165) is 24.2 Å². The van der Waals surface area contributed by atoms with Crippen LogP contribution in [0.3, 0.4) is 0 Å². The minimum Gasteiger partial charge on any atom is -0.480 e. The fourth-order valence-electron chi connectivity index (χ4n) is 3.85. The zero-order chi connectivity index (χ0) is 25.1. The van der Waals surface area contributed by atoms with E-state index in [-0.39, 0.29) is 22.3 Å². The smallest absolute Gasteiger partial charge is 0.272 e. The number of nitrogens with zero attached hydrogens (tertiary/aromatic N) is 1. The number of hydrogen-bond donors (Lipinski definition) is 2. The highest BCUT2D eigenvalue weighted by Gasteiger charge is 2.28. The Morgan fingerprint density at radius 1 is 1.03 bits per heavy atom. The monoisotopic (exact) mass is 463 g/mol. The normalized spacial score (nSPS) is 13.0. The molecule has 0 radical (unpaired) electrons. The molecule has 0 spiro atoms. The Bertz CT molecular complexity index is 1230. The van der Waals surface area contributed by atoms with Crippen LogP contribution < -0.4 is 15.6 Å². The van der Waals surface area contributed by atoms with Crippen LogP contribution in [0.1, 0.15) is 78.9 Å². The summed E-state index contributed by atoms with van der Waals surface area (Å²) in [4.78, 5) is 25.0. The standard InChI is InChI=1S/C28H37N3O3/c1-8-23(26(33)30-20-12-13-21-18(15-20)17-29-31-25(21)32)34-24-14-11-19(27(4,5)9-2)16-22(24)28(6,7)10-3/h11-17,23H,8-10H2,1-7H3,(H,30,33)(H,31,32). The number of benzene rings is 2. The fraction of sp³-hybridized carbons (Fsp3) is 0.464. The third-order valence-corrected chi connectivity index (χ3v) is 7.12. The first-order valence-corrected chi connectivity index (χ1v) is 12.1. The highest BCUT2D eigenvalue weighted by Crippen LogP contribution is 2.39. The first-order valence-electron chi connectivity index (χ1n) is 12.1. The molecule has 2 aromatic carbocycles. The Hall–Kier alpha value is -3.15. The number of aromatic nitrogens is 2. The molecule has 0 saturated heterocycles. The predicted octanol–water partition coefficient (Wildman–Crippen LogP) is 6.09. The molecule has 0 aliphatic heterocycles. The third kappa shape index (κ3) is 5.32. The van der Waals surface area contributed by atoms with E-state index < -0.39 is 6.10 Å². The van der Waals surface area contributed by atoms with E-state index in [0.29, 0.717) is 22.9 Å². The molecule has 3 rings (SSSR count). The minimum absolute atomic E-state index is 0.0608. The van der Waals surface area contributed by atoms with Crippen LogP contribution in [0.5, 0.6) is 5.75 Å². The number of H-pyrrole nitrogens is 1. The van der Waals surface area contributed by atoms with Gasteiger partial charge in [0.2, 0.25) is 0 Å². The van der Waals surface area contributed by atoms with Crippen molar-refractivity contribution in [1.29, 1.82) is 0 Å². The second kappa shape index (κ2) is 10.00. The lowest BCUT2D eigenvalue weighted by Crippen LogP contribution is -2.33. The average molecular weight is 464 g/mol. The molecular weight excluding hydrogens is 426 g/mol. The summed E-state index contributed by atoms with van der Waals surface area (Å²) in [6, 6.07) is 11.5. The number of amides is 1. The van der Waals surface area contributed by atoms with Gasteiger partial charge < -0.3 is 10.1 Å². The maximum Gasteiger partial charge on any atom is 0.272 e. The van der Waals surface area contributed by atoms with Crippen molar-refractivity contribution in [3.63, 3.8) is 0 Å². The SMILES string of the molecule is CCC(Oc1ccc(C(C)(C)CC)cc1C(C)(C)CC)C(=O)Nc1ccc2c(=O)[nH]ncc2c1. The molecule has 0 saturated carbocycles. The van der Waals surface area contributed by atoms with Crippen LogP contribution in [0.2, 0.25) is 0 Å². The summed E-state index contributed by atoms with van der Waals surface area (Å²) in [7, 11) is 0. The van der Waals surface area contributed by atoms with Crippen molar-refractivity contribution < 1.29 is 9.53 Å². The first-order chi connectivity index (χ1) is 16.0. The predicted molar refractivity (Wildman–Crippen MR) is 139 cm³/mol. The average Bonchev–Trinajstić information content (AvgIpc) is 2.82. The number of anilines is 1. The maximum atomic E-state index is 13.1. The third-order valence-electron chi connectivity index (χ3n) is 7.12. The number of fused-ring (bicyclic) bond motifs is 1. The van der Waals surface area contributed by atoms with E-state index in [1.165, 1.54) is 5.56 Å². The highest BCUT2D eigenvalue weighted by atomic mass is 16.5. The molecule has 0 fully saturated rings. The molecule has 0 aliphatic carbocycles. The molecule has 1 amide bonds. The van der Waals surface area contributed by atoms with Crippen LogP contribution in [0.15, 0.2) is 47.4 Å². The van der Waals surface area contributed by atoms with Crippen LogP contribution in [0.4, 0.5) is 5.69 Å². The van der Waals surface area contributed by atoms with E-state index in [2.05, 4.69) is 69.2 Å². The van der Waals surface area contributed by atoms with Crippen molar-refractivity contribution in [3.05, 3.63) is 64.1 Å². The first kappa shape index (κ1) is 25.5. The molecule has 2 N–H and O–H groups in total. The van der Waals surface area contributed by atoms with Gasteiger partial charge >= 0.3 is 0 Å². The van der Waals surface area contributed by atoms with Crippen LogP contribution in [0, 0.1) is 0 Å². The molecule has 6 heteroatoms. The van der Waals surface area contributed by atoms with Gasteiger partial charge in [-0.25, -0.2) is 5.10 Å². The van der Waals surface area contributed by atoms with Gasteiger partial charge in [0.1, 0.15) is 5.75 Å². The van der Waals surface area contributed by atoms with Crippen molar-refractivity contribution >= 4 is 22.4 Å². The zero-order valence-corrected chi connectivity index (χ0v) is 21.4. The molecule has 1 unspecified atom stereocenters. The van der Waals surface area contributed by atoms with Gasteiger partial charge in [-0.3, -0.25) is 9.59 Å². The van der Waals surface area contributed by atoms with E-state index in [9.17, 15) is 9.59 Å². The summed E-state index contributed by atoms with van der Waals surface area (Å²) in [6.07, 6.45) is 3.43. The maximum absolute atomic E-state index is 13.1. The van der Waals surface area contributed by atoms with Gasteiger partial charge in [0.05, 0.1) is 11.6 Å². The second-order valence-corrected chi connectivity index (χ2v) is 10.2. The number of aromatic amines is 1. The molecule has 1 aromatic heterocycles. The Kier molecular flexibility index (Phi) is 7.49. The molecule has 34 heavy (non-hydrogen) atoms. The molecule has 0 aliphatic rings. The topological polar surface area (TPSA) is 84.1 Å². The lowest BCUT2D eigenvalue weighted by atomic mass is 9.76. The Morgan fingerprint density at radius 2 is 1.74 bits per heavy atom. The Morgan fingerprint density at radius 3 is 2.38 bits per heavy atom. The summed E-state index contributed by atoms with van der Waals surface area (Å²) < 4.78 is 6.35. The lowest BCUT2D eigenvalue weighted by molar-refractivity contribution is -0.122. The number of rotatable bonds is 9. The minimum atomic E-state index is -0.649. The van der Waals surface area contributed by atoms with Crippen molar-refractivity contribution in [2.75, 3.05) is 5.32 Å². The van der Waals surface area contributed by atoms with Crippen LogP contribution in [-0.4, -0.2) is 22.2 Å². The summed E-state index contributed by atoms with van der Waals surface area (Å²) in [5, 5.41) is 10.4. The molecular formula is C28H37N3O3. The van der Waals surface area contributed by atoms with Gasteiger partial charge in [0, 0.05) is 16.6 Å². The lowest BCUT2D eigenvalue weighted by Gasteiger charge is -2.31. The zero-order valence-electron chi connectivity index (χ0n) is 21.4. The van der Waals surface area contributed by atoms with Crippen molar-refractivity contribution in [2.45, 2.75) is 84.7 Å². The van der Waals surface area contributed by atoms with Crippen molar-refractivity contribution in [1.82, 2.24) is 10.2 Å². The number of nitrogens with one attached hydrogen (secondary N) is 2. The summed E-state index contributed by atoms with van der Waals surface area (Å²) >= 11 is 0. The molecule has 182 valence electrons. The summed E-state index contributed by atoms with van der Waals surface area (Å²) in [5.41, 5.74) is 2.70. The van der Waals surface area contributed by atoms with E-state index in [1.54, 1.807) is 24.4 Å². The molecule has 0 bridgehead atoms. The van der Waals surface area contributed by atoms with Gasteiger partial charge in [-0.2, -0.15) is 5.10 Å². The summed E-state index contributed by atoms with van der Waals surface area (Å²) in [6.45, 7) is 15.2. The molecule has 3 aromatic rings. The second-order valence-electron chi connectivity index (χ2n) is 10.2. The van der Waals surface area contributed by atoms with Gasteiger partial charge in [0.15, 0.2) is 6.10 Å². The van der Waals surface area contributed by atoms with E-state index in [4.69, 9.17) is 4.74 Å². The Labute approximate surface area is 202 Å². The largest absolute Gasteiger partial charge is 0.480 e. The van der Waals surface area contributed by atoms with E-state index in [1.807, 2.05) is 13.0 Å². The number of hydrogen-bond acceptors (Lipinski definition) is 4. The highest BCUT2D eigenvalue weighted by molar-refractivity contribution is 5.96. The Balaban J connectivity index is 1.89. The quantitative estimate of drug-likeness (QED) is 0.402. The van der Waals surface area contributed by atoms with Gasteiger partial charge in [-0.05, 0) is 59.9 Å². The fourth-order valence-corrected chi connectivity index (χ4v) is 3.85. The van der Waals surface area contributed by atoms with E-state index >= 15 is 0 Å². The van der Waals surface area contributed by atoms with Crippen molar-refractivity contribution in [3.8, 4) is 5.75 Å². The van der Waals surface area contributed by atoms with Crippen LogP contribution in [0.25, 0.3) is 10.8 Å². The molecule has 6 nitrogen and oxygen atoms in total. The molecule has 1 atom stereocenters. The summed E-state index contributed by atoms with van der Waals surface area (Å²) in [5.74, 6) is 0.525. The number of carbonyl (C=O) groups excluding carboxylic acids is 1. The van der Waals surface area contributed by atoms with Gasteiger partial charge in [0.25, 0.3) is 11.5 Å². The van der Waals surface area contributed by atoms with Crippen LogP contribution in [-0.2, 0) is 15.6 Å². The number of carbonyl (C=O) groups is 1. The molecule has 1 heterocycles. The van der Waals surface area contributed by atoms with Gasteiger partial charge in [-0.15, -0.1) is 0 Å². The van der Waals surface area contributed by atoms with Gasteiger partial charge in [-0.1, -0.05) is 60.6 Å². The number of ether oxygens (including phenoxy) is 1.